The Morgan fingerprint density at radius 1 is 1.38 bits per heavy atom. The number of rotatable bonds is 6. The summed E-state index contributed by atoms with van der Waals surface area (Å²) in [4.78, 5) is 8.42. The lowest BCUT2D eigenvalue weighted by Crippen LogP contribution is -2.18. The number of methoxy groups -OCH3 is 1. The fourth-order valence-corrected chi connectivity index (χ4v) is 1.49. The van der Waals surface area contributed by atoms with Crippen molar-refractivity contribution in [1.29, 1.82) is 0 Å². The van der Waals surface area contributed by atoms with Gasteiger partial charge in [-0.15, -0.1) is 0 Å². The number of hydrogen-bond donors (Lipinski definition) is 2. The molecule has 1 aromatic heterocycles. The molecule has 5 heteroatoms. The third kappa shape index (κ3) is 3.66. The van der Waals surface area contributed by atoms with Gasteiger partial charge in [-0.1, -0.05) is 13.8 Å². The van der Waals surface area contributed by atoms with Crippen molar-refractivity contribution in [3.63, 3.8) is 0 Å². The summed E-state index contributed by atoms with van der Waals surface area (Å²) in [6, 6.07) is 2.17. The Morgan fingerprint density at radius 2 is 2.06 bits per heavy atom. The molecule has 0 aliphatic carbocycles. The van der Waals surface area contributed by atoms with Crippen LogP contribution in [-0.4, -0.2) is 23.1 Å². The standard InChI is InChI=1S/C11H20N4O/c1-4-8(5-2)13-10-6-9(12)14-11(15-10)7-16-3/h6,8H,4-5,7H2,1-3H3,(H3,12,13,14,15). The van der Waals surface area contributed by atoms with Crippen LogP contribution in [0.15, 0.2) is 6.07 Å². The van der Waals surface area contributed by atoms with E-state index >= 15 is 0 Å². The molecule has 0 saturated heterocycles. The Balaban J connectivity index is 2.78. The molecular formula is C11H20N4O. The van der Waals surface area contributed by atoms with Crippen molar-refractivity contribution in [2.75, 3.05) is 18.2 Å². The van der Waals surface area contributed by atoms with Gasteiger partial charge < -0.3 is 15.8 Å². The monoisotopic (exact) mass is 224 g/mol. The molecule has 16 heavy (non-hydrogen) atoms. The van der Waals surface area contributed by atoms with Crippen LogP contribution in [0.5, 0.6) is 0 Å². The first kappa shape index (κ1) is 12.7. The summed E-state index contributed by atoms with van der Waals surface area (Å²) in [7, 11) is 1.61. The van der Waals surface area contributed by atoms with Crippen LogP contribution >= 0.6 is 0 Å². The Hall–Kier alpha value is -1.36. The Bertz CT molecular complexity index is 326. The lowest BCUT2D eigenvalue weighted by molar-refractivity contribution is 0.178. The van der Waals surface area contributed by atoms with E-state index in [9.17, 15) is 0 Å². The van der Waals surface area contributed by atoms with E-state index in [1.54, 1.807) is 13.2 Å². The number of hydrogen-bond acceptors (Lipinski definition) is 5. The van der Waals surface area contributed by atoms with Gasteiger partial charge in [0.15, 0.2) is 5.82 Å². The van der Waals surface area contributed by atoms with Crippen molar-refractivity contribution in [2.45, 2.75) is 39.3 Å². The number of ether oxygens (including phenoxy) is 1. The van der Waals surface area contributed by atoms with Crippen LogP contribution < -0.4 is 11.1 Å². The van der Waals surface area contributed by atoms with Gasteiger partial charge in [-0.05, 0) is 12.8 Å². The summed E-state index contributed by atoms with van der Waals surface area (Å²) in [6.45, 7) is 4.66. The van der Waals surface area contributed by atoms with E-state index < -0.39 is 0 Å². The van der Waals surface area contributed by atoms with E-state index in [4.69, 9.17) is 10.5 Å². The van der Waals surface area contributed by atoms with Gasteiger partial charge >= 0.3 is 0 Å². The van der Waals surface area contributed by atoms with E-state index in [2.05, 4.69) is 29.1 Å². The predicted molar refractivity (Wildman–Crippen MR) is 65.2 cm³/mol. The smallest absolute Gasteiger partial charge is 0.158 e. The van der Waals surface area contributed by atoms with Crippen LogP contribution in [0.3, 0.4) is 0 Å². The minimum absolute atomic E-state index is 0.378. The molecule has 0 spiro atoms. The quantitative estimate of drug-likeness (QED) is 0.771. The topological polar surface area (TPSA) is 73.1 Å². The molecule has 3 N–H and O–H groups in total. The molecule has 0 saturated carbocycles. The number of nitrogen functional groups attached to an aromatic ring is 1. The van der Waals surface area contributed by atoms with Crippen molar-refractivity contribution >= 4 is 11.6 Å². The minimum Gasteiger partial charge on any atom is -0.384 e. The summed E-state index contributed by atoms with van der Waals surface area (Å²) in [5.41, 5.74) is 5.70. The maximum atomic E-state index is 5.70. The molecule has 1 heterocycles. The lowest BCUT2D eigenvalue weighted by atomic mass is 10.2. The molecule has 0 fully saturated rings. The van der Waals surface area contributed by atoms with E-state index in [0.717, 1.165) is 18.7 Å². The largest absolute Gasteiger partial charge is 0.384 e. The first-order valence-corrected chi connectivity index (χ1v) is 5.58. The molecule has 0 radical (unpaired) electrons. The number of nitrogens with one attached hydrogen (secondary N) is 1. The average Bonchev–Trinajstić information content (AvgIpc) is 2.25. The maximum absolute atomic E-state index is 5.70. The molecule has 1 rings (SSSR count). The molecule has 0 bridgehead atoms. The highest BCUT2D eigenvalue weighted by Crippen LogP contribution is 2.12. The summed E-state index contributed by atoms with van der Waals surface area (Å²) in [6.07, 6.45) is 2.11. The van der Waals surface area contributed by atoms with Crippen LogP contribution in [0, 0.1) is 0 Å². The second-order valence-corrected chi connectivity index (χ2v) is 3.69. The van der Waals surface area contributed by atoms with Gasteiger partial charge in [0.1, 0.15) is 18.2 Å². The summed E-state index contributed by atoms with van der Waals surface area (Å²) < 4.78 is 4.99. The molecule has 0 aliphatic rings. The van der Waals surface area contributed by atoms with Crippen molar-refractivity contribution in [3.8, 4) is 0 Å². The van der Waals surface area contributed by atoms with Crippen molar-refractivity contribution in [3.05, 3.63) is 11.9 Å². The fourth-order valence-electron chi connectivity index (χ4n) is 1.49. The SMILES string of the molecule is CCC(CC)Nc1cc(N)nc(COC)n1. The lowest BCUT2D eigenvalue weighted by Gasteiger charge is -2.16. The zero-order chi connectivity index (χ0) is 12.0. The second-order valence-electron chi connectivity index (χ2n) is 3.69. The minimum atomic E-state index is 0.378. The Labute approximate surface area is 96.4 Å². The molecular weight excluding hydrogens is 204 g/mol. The highest BCUT2D eigenvalue weighted by atomic mass is 16.5. The van der Waals surface area contributed by atoms with E-state index in [-0.39, 0.29) is 0 Å². The zero-order valence-corrected chi connectivity index (χ0v) is 10.2. The molecule has 0 aliphatic heterocycles. The third-order valence-corrected chi connectivity index (χ3v) is 2.40. The van der Waals surface area contributed by atoms with Crippen LogP contribution in [0.4, 0.5) is 11.6 Å². The molecule has 0 aromatic carbocycles. The normalized spacial score (nSPS) is 10.8. The van der Waals surface area contributed by atoms with Crippen LogP contribution in [0.1, 0.15) is 32.5 Å². The Kier molecular flexibility index (Phi) is 4.98. The maximum Gasteiger partial charge on any atom is 0.158 e. The molecule has 0 atom stereocenters. The van der Waals surface area contributed by atoms with Gasteiger partial charge in [0.25, 0.3) is 0 Å². The van der Waals surface area contributed by atoms with Crippen LogP contribution in [0.25, 0.3) is 0 Å². The van der Waals surface area contributed by atoms with E-state index in [1.165, 1.54) is 0 Å². The van der Waals surface area contributed by atoms with Gasteiger partial charge in [-0.25, -0.2) is 9.97 Å². The van der Waals surface area contributed by atoms with E-state index in [1.807, 2.05) is 0 Å². The van der Waals surface area contributed by atoms with Gasteiger partial charge in [0.05, 0.1) is 0 Å². The highest BCUT2D eigenvalue weighted by Gasteiger charge is 2.06. The molecule has 0 amide bonds. The number of anilines is 2. The number of aromatic nitrogens is 2. The second kappa shape index (κ2) is 6.27. The van der Waals surface area contributed by atoms with Crippen molar-refractivity contribution < 1.29 is 4.74 Å². The van der Waals surface area contributed by atoms with E-state index in [0.29, 0.717) is 24.3 Å². The van der Waals surface area contributed by atoms with Crippen molar-refractivity contribution in [1.82, 2.24) is 9.97 Å². The number of nitrogens with two attached hydrogens (primary N) is 1. The molecule has 1 aromatic rings. The summed E-state index contributed by atoms with van der Waals surface area (Å²) in [5.74, 6) is 1.85. The molecule has 0 unspecified atom stereocenters. The van der Waals surface area contributed by atoms with Gasteiger partial charge in [0, 0.05) is 19.2 Å². The van der Waals surface area contributed by atoms with Gasteiger partial charge in [-0.2, -0.15) is 0 Å². The molecule has 90 valence electrons. The molecule has 5 nitrogen and oxygen atoms in total. The summed E-state index contributed by atoms with van der Waals surface area (Å²) >= 11 is 0. The first-order chi connectivity index (χ1) is 7.69. The average molecular weight is 224 g/mol. The number of nitrogens with zero attached hydrogens (tertiary/aromatic N) is 2. The van der Waals surface area contributed by atoms with Crippen molar-refractivity contribution in [2.24, 2.45) is 0 Å². The van der Waals surface area contributed by atoms with Crippen LogP contribution in [0.2, 0.25) is 0 Å². The highest BCUT2D eigenvalue weighted by molar-refractivity contribution is 5.45. The summed E-state index contributed by atoms with van der Waals surface area (Å²) in [5, 5.41) is 3.33. The fraction of sp³-hybridized carbons (Fsp3) is 0.636. The third-order valence-electron chi connectivity index (χ3n) is 2.40. The predicted octanol–water partition coefficient (Wildman–Crippen LogP) is 1.81. The zero-order valence-electron chi connectivity index (χ0n) is 10.2. The first-order valence-electron chi connectivity index (χ1n) is 5.58. The van der Waals surface area contributed by atoms with Crippen LogP contribution in [-0.2, 0) is 11.3 Å². The Morgan fingerprint density at radius 3 is 2.62 bits per heavy atom. The van der Waals surface area contributed by atoms with Gasteiger partial charge in [-0.3, -0.25) is 0 Å². The van der Waals surface area contributed by atoms with Gasteiger partial charge in [0.2, 0.25) is 0 Å².